The van der Waals surface area contributed by atoms with Crippen LogP contribution in [0.25, 0.3) is 0 Å². The smallest absolute Gasteiger partial charge is 0.243 e. The predicted octanol–water partition coefficient (Wildman–Crippen LogP) is 6.69. The quantitative estimate of drug-likeness (QED) is 0.302. The Hall–Kier alpha value is -2.76. The molecular weight excluding hydrogens is 488 g/mol. The Morgan fingerprint density at radius 1 is 0.917 bits per heavy atom. The van der Waals surface area contributed by atoms with E-state index in [1.807, 2.05) is 75.4 Å². The zero-order valence-electron chi connectivity index (χ0n) is 21.5. The Labute approximate surface area is 224 Å². The lowest BCUT2D eigenvalue weighted by molar-refractivity contribution is -0.141. The Kier molecular flexibility index (Phi) is 10.0. The van der Waals surface area contributed by atoms with Crippen molar-refractivity contribution < 1.29 is 9.59 Å². The number of nitrogens with one attached hydrogen (secondary N) is 1. The van der Waals surface area contributed by atoms with E-state index in [1.54, 1.807) is 16.7 Å². The molecular formula is C30H35ClN2O2S. The van der Waals surface area contributed by atoms with Gasteiger partial charge in [0.05, 0.1) is 0 Å². The second-order valence-corrected chi connectivity index (χ2v) is 11.6. The number of nitrogens with zero attached hydrogens (tertiary/aromatic N) is 1. The molecule has 36 heavy (non-hydrogen) atoms. The van der Waals surface area contributed by atoms with Gasteiger partial charge in [-0.3, -0.25) is 9.59 Å². The second-order valence-electron chi connectivity index (χ2n) is 10.0. The minimum Gasteiger partial charge on any atom is -0.350 e. The van der Waals surface area contributed by atoms with Crippen molar-refractivity contribution >= 4 is 35.2 Å². The van der Waals surface area contributed by atoms with E-state index in [0.717, 1.165) is 16.0 Å². The fraction of sp³-hybridized carbons (Fsp3) is 0.333. The number of hydrogen-bond donors (Lipinski definition) is 1. The molecule has 0 heterocycles. The van der Waals surface area contributed by atoms with Crippen molar-refractivity contribution in [1.29, 1.82) is 0 Å². The highest BCUT2D eigenvalue weighted by Gasteiger charge is 2.32. The third-order valence-corrected chi connectivity index (χ3v) is 6.91. The Morgan fingerprint density at radius 2 is 1.56 bits per heavy atom. The van der Waals surface area contributed by atoms with E-state index in [0.29, 0.717) is 30.2 Å². The van der Waals surface area contributed by atoms with E-state index >= 15 is 0 Å². The van der Waals surface area contributed by atoms with Crippen LogP contribution in [-0.2, 0) is 22.6 Å². The molecule has 0 bridgehead atoms. The minimum absolute atomic E-state index is 0.0467. The van der Waals surface area contributed by atoms with Crippen LogP contribution >= 0.6 is 23.4 Å². The zero-order valence-corrected chi connectivity index (χ0v) is 23.0. The molecule has 0 saturated carbocycles. The first-order valence-corrected chi connectivity index (χ1v) is 13.6. The largest absolute Gasteiger partial charge is 0.350 e. The molecule has 3 aromatic rings. The highest BCUT2D eigenvalue weighted by molar-refractivity contribution is 7.99. The van der Waals surface area contributed by atoms with Crippen molar-refractivity contribution in [3.63, 3.8) is 0 Å². The maximum Gasteiger partial charge on any atom is 0.243 e. The van der Waals surface area contributed by atoms with Crippen molar-refractivity contribution in [3.05, 3.63) is 101 Å². The van der Waals surface area contributed by atoms with Crippen LogP contribution in [0.3, 0.4) is 0 Å². The van der Waals surface area contributed by atoms with E-state index < -0.39 is 11.6 Å². The standard InChI is InChI=1S/C30H35ClN2O2S/c1-22-10-16-26(17-11-22)36-19-18-28(34)33(21-24-12-14-25(31)15-13-24)27(29(35)32-30(2,3)4)20-23-8-6-5-7-9-23/h5-17,27H,18-21H2,1-4H3,(H,32,35). The second kappa shape index (κ2) is 13.0. The average Bonchev–Trinajstić information content (AvgIpc) is 2.83. The fourth-order valence-electron chi connectivity index (χ4n) is 3.83. The molecule has 0 aromatic heterocycles. The van der Waals surface area contributed by atoms with E-state index in [-0.39, 0.29) is 11.8 Å². The van der Waals surface area contributed by atoms with Gasteiger partial charge in [0, 0.05) is 40.6 Å². The van der Waals surface area contributed by atoms with Crippen molar-refractivity contribution in [2.75, 3.05) is 5.75 Å². The Balaban J connectivity index is 1.85. The molecule has 3 aromatic carbocycles. The van der Waals surface area contributed by atoms with Gasteiger partial charge in [0.2, 0.25) is 11.8 Å². The molecule has 1 unspecified atom stereocenters. The third kappa shape index (κ3) is 9.03. The lowest BCUT2D eigenvalue weighted by atomic mass is 10.0. The van der Waals surface area contributed by atoms with Gasteiger partial charge in [-0.1, -0.05) is 71.8 Å². The maximum absolute atomic E-state index is 13.7. The van der Waals surface area contributed by atoms with Crippen molar-refractivity contribution in [2.24, 2.45) is 0 Å². The number of hydrogen-bond acceptors (Lipinski definition) is 3. The maximum atomic E-state index is 13.7. The zero-order chi connectivity index (χ0) is 26.1. The van der Waals surface area contributed by atoms with Gasteiger partial charge in [0.25, 0.3) is 0 Å². The van der Waals surface area contributed by atoms with Crippen LogP contribution in [0.1, 0.15) is 43.9 Å². The minimum atomic E-state index is -0.640. The number of thioether (sulfide) groups is 1. The number of carbonyl (C=O) groups is 2. The lowest BCUT2D eigenvalue weighted by Crippen LogP contribution is -2.54. The topological polar surface area (TPSA) is 49.4 Å². The van der Waals surface area contributed by atoms with E-state index in [9.17, 15) is 9.59 Å². The number of carbonyl (C=O) groups excluding carboxylic acids is 2. The number of amides is 2. The van der Waals surface area contributed by atoms with E-state index in [1.165, 1.54) is 5.56 Å². The normalized spacial score (nSPS) is 12.1. The van der Waals surface area contributed by atoms with Crippen LogP contribution in [0, 0.1) is 6.92 Å². The van der Waals surface area contributed by atoms with Gasteiger partial charge in [0.1, 0.15) is 6.04 Å². The molecule has 0 spiro atoms. The molecule has 1 N–H and O–H groups in total. The van der Waals surface area contributed by atoms with Crippen LogP contribution in [0.15, 0.2) is 83.8 Å². The summed E-state index contributed by atoms with van der Waals surface area (Å²) in [5.74, 6) is 0.437. The van der Waals surface area contributed by atoms with Crippen molar-refractivity contribution in [3.8, 4) is 0 Å². The molecule has 4 nitrogen and oxygen atoms in total. The summed E-state index contributed by atoms with van der Waals surface area (Å²) in [6.45, 7) is 8.25. The summed E-state index contributed by atoms with van der Waals surface area (Å²) in [5.41, 5.74) is 2.73. The SMILES string of the molecule is Cc1ccc(SCCC(=O)N(Cc2ccc(Cl)cc2)C(Cc2ccccc2)C(=O)NC(C)(C)C)cc1. The molecule has 1 atom stereocenters. The van der Waals surface area contributed by atoms with Crippen molar-refractivity contribution in [2.45, 2.75) is 63.6 Å². The van der Waals surface area contributed by atoms with Gasteiger partial charge in [-0.15, -0.1) is 11.8 Å². The Bertz CT molecular complexity index is 1130. The van der Waals surface area contributed by atoms with Crippen LogP contribution in [0.4, 0.5) is 0 Å². The first-order chi connectivity index (χ1) is 17.1. The number of aryl methyl sites for hydroxylation is 1. The molecule has 0 fully saturated rings. The number of benzene rings is 3. The monoisotopic (exact) mass is 522 g/mol. The molecule has 0 saturated heterocycles. The molecule has 0 radical (unpaired) electrons. The van der Waals surface area contributed by atoms with Crippen LogP contribution < -0.4 is 5.32 Å². The van der Waals surface area contributed by atoms with Crippen molar-refractivity contribution in [1.82, 2.24) is 10.2 Å². The van der Waals surface area contributed by atoms with Crippen LogP contribution in [0.5, 0.6) is 0 Å². The van der Waals surface area contributed by atoms with Gasteiger partial charge in [-0.2, -0.15) is 0 Å². The molecule has 0 aliphatic heterocycles. The van der Waals surface area contributed by atoms with Crippen LogP contribution in [-0.4, -0.2) is 34.0 Å². The van der Waals surface area contributed by atoms with E-state index in [2.05, 4.69) is 36.5 Å². The number of rotatable bonds is 10. The van der Waals surface area contributed by atoms with Gasteiger partial charge in [-0.25, -0.2) is 0 Å². The molecule has 0 aliphatic carbocycles. The van der Waals surface area contributed by atoms with Gasteiger partial charge in [-0.05, 0) is 63.1 Å². The van der Waals surface area contributed by atoms with Gasteiger partial charge in [0.15, 0.2) is 0 Å². The van der Waals surface area contributed by atoms with Crippen LogP contribution in [0.2, 0.25) is 5.02 Å². The fourth-order valence-corrected chi connectivity index (χ4v) is 4.79. The summed E-state index contributed by atoms with van der Waals surface area (Å²) < 4.78 is 0. The van der Waals surface area contributed by atoms with E-state index in [4.69, 9.17) is 11.6 Å². The Morgan fingerprint density at radius 3 is 2.17 bits per heavy atom. The summed E-state index contributed by atoms with van der Waals surface area (Å²) in [4.78, 5) is 30.1. The summed E-state index contributed by atoms with van der Waals surface area (Å²) in [5, 5.41) is 3.73. The average molecular weight is 523 g/mol. The number of halogens is 1. The van der Waals surface area contributed by atoms with Gasteiger partial charge >= 0.3 is 0 Å². The van der Waals surface area contributed by atoms with Gasteiger partial charge < -0.3 is 10.2 Å². The predicted molar refractivity (Wildman–Crippen MR) is 150 cm³/mol. The molecule has 3 rings (SSSR count). The summed E-state index contributed by atoms with van der Waals surface area (Å²) in [6, 6.07) is 25.0. The highest BCUT2D eigenvalue weighted by atomic mass is 35.5. The molecule has 190 valence electrons. The third-order valence-electron chi connectivity index (χ3n) is 5.64. The highest BCUT2D eigenvalue weighted by Crippen LogP contribution is 2.22. The summed E-state index contributed by atoms with van der Waals surface area (Å²) >= 11 is 7.74. The molecule has 0 aliphatic rings. The first-order valence-electron chi connectivity index (χ1n) is 12.2. The lowest BCUT2D eigenvalue weighted by Gasteiger charge is -2.34. The summed E-state index contributed by atoms with van der Waals surface area (Å²) in [6.07, 6.45) is 0.771. The first kappa shape index (κ1) is 27.8. The molecule has 6 heteroatoms. The molecule has 2 amide bonds. The summed E-state index contributed by atoms with van der Waals surface area (Å²) in [7, 11) is 0.